The lowest BCUT2D eigenvalue weighted by Crippen LogP contribution is -2.53. The molecule has 7 heteroatoms. The van der Waals surface area contributed by atoms with Gasteiger partial charge >= 0.3 is 0 Å². The van der Waals surface area contributed by atoms with Crippen LogP contribution in [0.15, 0.2) is 67.0 Å². The summed E-state index contributed by atoms with van der Waals surface area (Å²) in [5.41, 5.74) is 6.15. The van der Waals surface area contributed by atoms with Gasteiger partial charge in [0.2, 0.25) is 0 Å². The lowest BCUT2D eigenvalue weighted by molar-refractivity contribution is 0.0953. The van der Waals surface area contributed by atoms with Crippen LogP contribution in [0, 0.1) is 5.82 Å². The first-order chi connectivity index (χ1) is 15.0. The van der Waals surface area contributed by atoms with Gasteiger partial charge in [0, 0.05) is 49.3 Å². The van der Waals surface area contributed by atoms with Crippen molar-refractivity contribution >= 4 is 11.6 Å². The number of nitrogens with two attached hydrogens (primary N) is 1. The van der Waals surface area contributed by atoms with Crippen LogP contribution in [0.2, 0.25) is 0 Å². The van der Waals surface area contributed by atoms with E-state index in [1.54, 1.807) is 18.3 Å². The summed E-state index contributed by atoms with van der Waals surface area (Å²) in [6.45, 7) is 2.64. The Morgan fingerprint density at radius 1 is 1.16 bits per heavy atom. The average Bonchev–Trinajstić information content (AvgIpc) is 2.81. The van der Waals surface area contributed by atoms with E-state index in [-0.39, 0.29) is 17.4 Å². The Hall–Kier alpha value is -3.29. The zero-order valence-corrected chi connectivity index (χ0v) is 17.5. The van der Waals surface area contributed by atoms with Crippen molar-refractivity contribution in [1.29, 1.82) is 0 Å². The van der Waals surface area contributed by atoms with E-state index in [9.17, 15) is 9.18 Å². The minimum atomic E-state index is -0.502. The Labute approximate surface area is 181 Å². The molecule has 1 aliphatic rings. The Morgan fingerprint density at radius 3 is 2.65 bits per heavy atom. The summed E-state index contributed by atoms with van der Waals surface area (Å²) in [5.74, 6) is 4.26. The number of hydrazine groups is 1. The number of pyridine rings is 1. The van der Waals surface area contributed by atoms with E-state index in [4.69, 9.17) is 5.84 Å². The molecule has 1 atom stereocenters. The molecule has 1 aliphatic heterocycles. The fourth-order valence-electron chi connectivity index (χ4n) is 4.10. The highest BCUT2D eigenvalue weighted by atomic mass is 19.1. The first-order valence-corrected chi connectivity index (χ1v) is 10.3. The number of benzene rings is 2. The van der Waals surface area contributed by atoms with Crippen LogP contribution < -0.4 is 16.2 Å². The number of amides is 1. The SMILES string of the molecule is CN1CCN(c2ccc(-c3cccnc3)cc2)C(Cc2ccc(C(=O)NN)cc2F)C1. The Balaban J connectivity index is 1.55. The highest BCUT2D eigenvalue weighted by molar-refractivity contribution is 5.93. The van der Waals surface area contributed by atoms with Crippen molar-refractivity contribution in [3.8, 4) is 11.1 Å². The highest BCUT2D eigenvalue weighted by Gasteiger charge is 2.27. The number of piperazine rings is 1. The third-order valence-electron chi connectivity index (χ3n) is 5.78. The van der Waals surface area contributed by atoms with E-state index >= 15 is 0 Å². The minimum absolute atomic E-state index is 0.117. The number of hydrogen-bond donors (Lipinski definition) is 2. The number of nitrogens with one attached hydrogen (secondary N) is 1. The normalized spacial score (nSPS) is 16.9. The van der Waals surface area contributed by atoms with Gasteiger partial charge in [-0.25, -0.2) is 10.2 Å². The molecule has 3 N–H and O–H groups in total. The highest BCUT2D eigenvalue weighted by Crippen LogP contribution is 2.27. The molecule has 31 heavy (non-hydrogen) atoms. The number of likely N-dealkylation sites (N-methyl/N-ethyl adjacent to an activating group) is 1. The molecule has 3 aromatic rings. The van der Waals surface area contributed by atoms with Gasteiger partial charge in [0.1, 0.15) is 5.82 Å². The van der Waals surface area contributed by atoms with Crippen molar-refractivity contribution in [2.75, 3.05) is 31.6 Å². The molecular formula is C24H26FN5O. The predicted molar refractivity (Wildman–Crippen MR) is 120 cm³/mol. The van der Waals surface area contributed by atoms with Gasteiger partial charge in [0.15, 0.2) is 0 Å². The number of nitrogens with zero attached hydrogens (tertiary/aromatic N) is 3. The largest absolute Gasteiger partial charge is 0.366 e. The third kappa shape index (κ3) is 4.73. The predicted octanol–water partition coefficient (Wildman–Crippen LogP) is 2.85. The molecule has 1 aromatic heterocycles. The van der Waals surface area contributed by atoms with Crippen molar-refractivity contribution in [2.45, 2.75) is 12.5 Å². The van der Waals surface area contributed by atoms with E-state index in [2.05, 4.69) is 46.1 Å². The van der Waals surface area contributed by atoms with E-state index in [1.807, 2.05) is 23.8 Å². The van der Waals surface area contributed by atoms with Gasteiger partial charge in [0.25, 0.3) is 5.91 Å². The molecule has 0 bridgehead atoms. The molecule has 1 saturated heterocycles. The first-order valence-electron chi connectivity index (χ1n) is 10.3. The molecule has 0 saturated carbocycles. The quantitative estimate of drug-likeness (QED) is 0.378. The van der Waals surface area contributed by atoms with Crippen molar-refractivity contribution in [2.24, 2.45) is 5.84 Å². The topological polar surface area (TPSA) is 74.5 Å². The Morgan fingerprint density at radius 2 is 1.97 bits per heavy atom. The number of nitrogen functional groups attached to an aromatic ring is 1. The maximum atomic E-state index is 14.7. The van der Waals surface area contributed by atoms with Gasteiger partial charge in [-0.1, -0.05) is 24.3 Å². The van der Waals surface area contributed by atoms with Gasteiger partial charge in [-0.3, -0.25) is 15.2 Å². The molecule has 4 rings (SSSR count). The molecule has 1 fully saturated rings. The molecule has 2 heterocycles. The fourth-order valence-corrected chi connectivity index (χ4v) is 4.10. The Bertz CT molecular complexity index is 1040. The standard InChI is InChI=1S/C24H26FN5O/c1-29-11-12-30(21-8-6-17(7-9-21)20-3-2-10-27-15-20)22(16-29)13-18-4-5-19(14-23(18)25)24(31)28-26/h2-10,14-15,22H,11-13,16,26H2,1H3,(H,28,31). The monoisotopic (exact) mass is 419 g/mol. The summed E-state index contributed by atoms with van der Waals surface area (Å²) in [7, 11) is 2.08. The molecule has 6 nitrogen and oxygen atoms in total. The second-order valence-electron chi connectivity index (χ2n) is 7.88. The molecule has 0 spiro atoms. The van der Waals surface area contributed by atoms with Gasteiger partial charge in [0.05, 0.1) is 0 Å². The molecular weight excluding hydrogens is 393 g/mol. The number of rotatable bonds is 5. The maximum Gasteiger partial charge on any atom is 0.265 e. The van der Waals surface area contributed by atoms with Crippen molar-refractivity contribution in [3.63, 3.8) is 0 Å². The zero-order valence-electron chi connectivity index (χ0n) is 17.5. The lowest BCUT2D eigenvalue weighted by Gasteiger charge is -2.42. The molecule has 1 unspecified atom stereocenters. The van der Waals surface area contributed by atoms with Crippen molar-refractivity contribution in [3.05, 3.63) is 83.9 Å². The summed E-state index contributed by atoms with van der Waals surface area (Å²) >= 11 is 0. The summed E-state index contributed by atoms with van der Waals surface area (Å²) < 4.78 is 14.7. The van der Waals surface area contributed by atoms with Crippen LogP contribution >= 0.6 is 0 Å². The Kier molecular flexibility index (Phi) is 6.25. The van der Waals surface area contributed by atoms with Crippen LogP contribution in [0.25, 0.3) is 11.1 Å². The summed E-state index contributed by atoms with van der Waals surface area (Å²) in [6, 6.07) is 17.1. The van der Waals surface area contributed by atoms with Crippen LogP contribution in [0.5, 0.6) is 0 Å². The zero-order chi connectivity index (χ0) is 21.8. The summed E-state index contributed by atoms with van der Waals surface area (Å²) in [6.07, 6.45) is 4.16. The van der Waals surface area contributed by atoms with Gasteiger partial charge in [-0.05, 0) is 60.5 Å². The van der Waals surface area contributed by atoms with Crippen molar-refractivity contribution < 1.29 is 9.18 Å². The van der Waals surface area contributed by atoms with Crippen LogP contribution in [-0.4, -0.2) is 48.5 Å². The summed E-state index contributed by atoms with van der Waals surface area (Å²) in [5, 5.41) is 0. The molecule has 160 valence electrons. The second kappa shape index (κ2) is 9.24. The van der Waals surface area contributed by atoms with Gasteiger partial charge in [-0.2, -0.15) is 0 Å². The number of carbonyl (C=O) groups excluding carboxylic acids is 1. The lowest BCUT2D eigenvalue weighted by atomic mass is 9.99. The van der Waals surface area contributed by atoms with Crippen molar-refractivity contribution in [1.82, 2.24) is 15.3 Å². The number of halogens is 1. The molecule has 0 aliphatic carbocycles. The van der Waals surface area contributed by atoms with Crippen LogP contribution in [0.3, 0.4) is 0 Å². The number of aromatic nitrogens is 1. The molecule has 1 amide bonds. The van der Waals surface area contributed by atoms with E-state index in [1.165, 1.54) is 6.07 Å². The van der Waals surface area contributed by atoms with Crippen LogP contribution in [-0.2, 0) is 6.42 Å². The third-order valence-corrected chi connectivity index (χ3v) is 5.78. The number of hydrogen-bond acceptors (Lipinski definition) is 5. The maximum absolute atomic E-state index is 14.7. The fraction of sp³-hybridized carbons (Fsp3) is 0.250. The van der Waals surface area contributed by atoms with Gasteiger partial charge < -0.3 is 9.80 Å². The van der Waals surface area contributed by atoms with Gasteiger partial charge in [-0.15, -0.1) is 0 Å². The van der Waals surface area contributed by atoms with Crippen LogP contribution in [0.4, 0.5) is 10.1 Å². The summed E-state index contributed by atoms with van der Waals surface area (Å²) in [4.78, 5) is 20.4. The van der Waals surface area contributed by atoms with E-state index in [0.717, 1.165) is 36.4 Å². The van der Waals surface area contributed by atoms with E-state index < -0.39 is 5.91 Å². The minimum Gasteiger partial charge on any atom is -0.366 e. The van der Waals surface area contributed by atoms with E-state index in [0.29, 0.717) is 12.0 Å². The number of carbonyl (C=O) groups is 1. The molecule has 2 aromatic carbocycles. The average molecular weight is 420 g/mol. The van der Waals surface area contributed by atoms with Crippen LogP contribution in [0.1, 0.15) is 15.9 Å². The first kappa shape index (κ1) is 21.0. The smallest absolute Gasteiger partial charge is 0.265 e. The second-order valence-corrected chi connectivity index (χ2v) is 7.88. The molecule has 0 radical (unpaired) electrons. The number of anilines is 1.